The third-order valence-corrected chi connectivity index (χ3v) is 3.21. The van der Waals surface area contributed by atoms with E-state index >= 15 is 0 Å². The van der Waals surface area contributed by atoms with E-state index in [4.69, 9.17) is 0 Å². The minimum atomic E-state index is -0.756. The highest BCUT2D eigenvalue weighted by Crippen LogP contribution is 2.22. The van der Waals surface area contributed by atoms with Crippen molar-refractivity contribution in [2.45, 2.75) is 26.2 Å². The van der Waals surface area contributed by atoms with Gasteiger partial charge >= 0.3 is 0 Å². The van der Waals surface area contributed by atoms with Gasteiger partial charge in [0.1, 0.15) is 5.82 Å². The number of hydrogen-bond acceptors (Lipinski definition) is 5. The van der Waals surface area contributed by atoms with Crippen LogP contribution in [0.5, 0.6) is 0 Å². The van der Waals surface area contributed by atoms with Crippen molar-refractivity contribution in [2.24, 2.45) is 0 Å². The van der Waals surface area contributed by atoms with E-state index in [1.165, 1.54) is 11.5 Å². The molecule has 1 unspecified atom stereocenters. The van der Waals surface area contributed by atoms with E-state index in [9.17, 15) is 4.21 Å². The molecular weight excluding hydrogens is 230 g/mol. The second-order valence-corrected chi connectivity index (χ2v) is 6.68. The fraction of sp³-hybridized carbons (Fsp3) is 0.778. The van der Waals surface area contributed by atoms with Gasteiger partial charge in [-0.25, -0.2) is 4.98 Å². The van der Waals surface area contributed by atoms with Gasteiger partial charge in [-0.2, -0.15) is 4.37 Å². The predicted molar refractivity (Wildman–Crippen MR) is 66.0 cm³/mol. The Balaban J connectivity index is 2.50. The lowest BCUT2D eigenvalue weighted by atomic mass is 9.96. The van der Waals surface area contributed by atoms with Crippen LogP contribution in [0.15, 0.2) is 0 Å². The van der Waals surface area contributed by atoms with Crippen LogP contribution >= 0.6 is 11.5 Å². The number of nitrogens with one attached hydrogen (secondary N) is 1. The maximum Gasteiger partial charge on any atom is 0.202 e. The third-order valence-electron chi connectivity index (χ3n) is 1.76. The molecule has 0 aromatic carbocycles. The molecule has 4 nitrogen and oxygen atoms in total. The lowest BCUT2D eigenvalue weighted by Crippen LogP contribution is -2.14. The zero-order valence-electron chi connectivity index (χ0n) is 9.53. The average Bonchev–Trinajstić information content (AvgIpc) is 2.51. The number of hydrogen-bond donors (Lipinski definition) is 1. The molecule has 86 valence electrons. The van der Waals surface area contributed by atoms with E-state index in [0.717, 1.165) is 11.0 Å². The van der Waals surface area contributed by atoms with Gasteiger partial charge in [0, 0.05) is 46.3 Å². The number of aromatic nitrogens is 2. The highest BCUT2D eigenvalue weighted by atomic mass is 32.2. The van der Waals surface area contributed by atoms with Gasteiger partial charge in [0.25, 0.3) is 0 Å². The van der Waals surface area contributed by atoms with Gasteiger partial charge in [-0.05, 0) is 0 Å². The van der Waals surface area contributed by atoms with Crippen LogP contribution < -0.4 is 5.32 Å². The monoisotopic (exact) mass is 247 g/mol. The maximum absolute atomic E-state index is 10.8. The van der Waals surface area contributed by atoms with Gasteiger partial charge in [0.05, 0.1) is 0 Å². The molecule has 0 aliphatic heterocycles. The lowest BCUT2D eigenvalue weighted by molar-refractivity contribution is 0.555. The first-order valence-corrected chi connectivity index (χ1v) is 7.28. The van der Waals surface area contributed by atoms with Crippen molar-refractivity contribution >= 4 is 27.5 Å². The molecule has 1 N–H and O–H groups in total. The fourth-order valence-corrected chi connectivity index (χ4v) is 2.07. The summed E-state index contributed by atoms with van der Waals surface area (Å²) in [6, 6.07) is 0. The Morgan fingerprint density at radius 3 is 2.60 bits per heavy atom. The molecule has 1 aromatic heterocycles. The van der Waals surface area contributed by atoms with Crippen LogP contribution in [0.25, 0.3) is 0 Å². The van der Waals surface area contributed by atoms with E-state index in [1.807, 2.05) is 0 Å². The van der Waals surface area contributed by atoms with Crippen molar-refractivity contribution in [3.05, 3.63) is 5.82 Å². The Morgan fingerprint density at radius 1 is 1.47 bits per heavy atom. The van der Waals surface area contributed by atoms with Crippen LogP contribution in [-0.4, -0.2) is 32.1 Å². The van der Waals surface area contributed by atoms with Gasteiger partial charge in [-0.3, -0.25) is 4.21 Å². The molecular formula is C9H17N3OS2. The SMILES string of the molecule is CS(=O)CCNc1nc(C(C)(C)C)ns1. The summed E-state index contributed by atoms with van der Waals surface area (Å²) in [6.07, 6.45) is 1.70. The van der Waals surface area contributed by atoms with E-state index in [-0.39, 0.29) is 5.41 Å². The summed E-state index contributed by atoms with van der Waals surface area (Å²) < 4.78 is 15.1. The summed E-state index contributed by atoms with van der Waals surface area (Å²) in [5, 5.41) is 3.93. The quantitative estimate of drug-likeness (QED) is 0.878. The summed E-state index contributed by atoms with van der Waals surface area (Å²) in [4.78, 5) is 4.38. The third kappa shape index (κ3) is 4.25. The largest absolute Gasteiger partial charge is 0.359 e. The normalized spacial score (nSPS) is 13.9. The van der Waals surface area contributed by atoms with Crippen molar-refractivity contribution in [1.29, 1.82) is 0 Å². The van der Waals surface area contributed by atoms with Gasteiger partial charge in [0.15, 0.2) is 0 Å². The molecule has 1 heterocycles. The van der Waals surface area contributed by atoms with Crippen LogP contribution in [0.4, 0.5) is 5.13 Å². The molecule has 0 aliphatic carbocycles. The molecule has 0 fully saturated rings. The molecule has 0 saturated heterocycles. The Morgan fingerprint density at radius 2 is 2.13 bits per heavy atom. The average molecular weight is 247 g/mol. The minimum absolute atomic E-state index is 0.00991. The van der Waals surface area contributed by atoms with E-state index < -0.39 is 10.8 Å². The zero-order valence-corrected chi connectivity index (χ0v) is 11.2. The van der Waals surface area contributed by atoms with Gasteiger partial charge in [-0.15, -0.1) is 0 Å². The van der Waals surface area contributed by atoms with Crippen molar-refractivity contribution < 1.29 is 4.21 Å². The number of nitrogens with zero attached hydrogens (tertiary/aromatic N) is 2. The molecule has 6 heteroatoms. The maximum atomic E-state index is 10.8. The Hall–Kier alpha value is -0.490. The standard InChI is InChI=1S/C9H17N3OS2/c1-9(2,3)7-11-8(14-12-7)10-5-6-15(4)13/h5-6H2,1-4H3,(H,10,11,12). The molecule has 0 aliphatic rings. The highest BCUT2D eigenvalue weighted by Gasteiger charge is 2.19. The van der Waals surface area contributed by atoms with Crippen molar-refractivity contribution in [3.63, 3.8) is 0 Å². The Labute approximate surface area is 97.1 Å². The summed E-state index contributed by atoms with van der Waals surface area (Å²) in [5.41, 5.74) is -0.00991. The molecule has 1 rings (SSSR count). The molecule has 15 heavy (non-hydrogen) atoms. The second kappa shape index (κ2) is 5.03. The fourth-order valence-electron chi connectivity index (χ4n) is 0.902. The molecule has 0 saturated carbocycles. The van der Waals surface area contributed by atoms with Gasteiger partial charge in [0.2, 0.25) is 5.13 Å². The highest BCUT2D eigenvalue weighted by molar-refractivity contribution is 7.84. The first-order valence-electron chi connectivity index (χ1n) is 4.77. The van der Waals surface area contributed by atoms with Crippen LogP contribution in [0, 0.1) is 0 Å². The van der Waals surface area contributed by atoms with Crippen molar-refractivity contribution in [3.8, 4) is 0 Å². The molecule has 1 atom stereocenters. The van der Waals surface area contributed by atoms with Crippen LogP contribution in [0.2, 0.25) is 0 Å². The smallest absolute Gasteiger partial charge is 0.202 e. The predicted octanol–water partition coefficient (Wildman–Crippen LogP) is 1.63. The Kier molecular flexibility index (Phi) is 4.21. The summed E-state index contributed by atoms with van der Waals surface area (Å²) in [6.45, 7) is 6.93. The number of anilines is 1. The van der Waals surface area contributed by atoms with Gasteiger partial charge in [-0.1, -0.05) is 20.8 Å². The molecule has 0 radical (unpaired) electrons. The molecule has 0 amide bonds. The van der Waals surface area contributed by atoms with Crippen LogP contribution in [-0.2, 0) is 16.2 Å². The zero-order chi connectivity index (χ0) is 11.5. The summed E-state index contributed by atoms with van der Waals surface area (Å²) in [7, 11) is -0.756. The first-order chi connectivity index (χ1) is 6.89. The number of rotatable bonds is 4. The molecule has 0 bridgehead atoms. The van der Waals surface area contributed by atoms with E-state index in [1.54, 1.807) is 6.26 Å². The second-order valence-electron chi connectivity index (χ2n) is 4.38. The summed E-state index contributed by atoms with van der Waals surface area (Å²) in [5.74, 6) is 1.50. The van der Waals surface area contributed by atoms with E-state index in [2.05, 4.69) is 35.4 Å². The van der Waals surface area contributed by atoms with Crippen molar-refractivity contribution in [2.75, 3.05) is 23.9 Å². The molecule has 1 aromatic rings. The van der Waals surface area contributed by atoms with Gasteiger partial charge < -0.3 is 5.32 Å². The lowest BCUT2D eigenvalue weighted by Gasteiger charge is -2.12. The van der Waals surface area contributed by atoms with Crippen LogP contribution in [0.3, 0.4) is 0 Å². The minimum Gasteiger partial charge on any atom is -0.359 e. The first kappa shape index (κ1) is 12.6. The van der Waals surface area contributed by atoms with Crippen LogP contribution in [0.1, 0.15) is 26.6 Å². The topological polar surface area (TPSA) is 54.9 Å². The summed E-state index contributed by atoms with van der Waals surface area (Å²) >= 11 is 1.36. The molecule has 0 spiro atoms. The van der Waals surface area contributed by atoms with E-state index in [0.29, 0.717) is 12.3 Å². The Bertz CT molecular complexity index is 343. The van der Waals surface area contributed by atoms with Crippen molar-refractivity contribution in [1.82, 2.24) is 9.36 Å².